The lowest BCUT2D eigenvalue weighted by Crippen LogP contribution is -2.36. The van der Waals surface area contributed by atoms with Crippen molar-refractivity contribution in [3.05, 3.63) is 42.0 Å². The van der Waals surface area contributed by atoms with E-state index in [4.69, 9.17) is 0 Å². The van der Waals surface area contributed by atoms with Crippen LogP contribution in [-0.2, 0) is 9.59 Å². The van der Waals surface area contributed by atoms with Gasteiger partial charge in [0.15, 0.2) is 0 Å². The SMILES string of the molecule is O=C(NC1CCCCC1)c1ccc(NC(=O)[C@H]2CC=CC[C@H]2C(=O)O)cc1. The van der Waals surface area contributed by atoms with E-state index in [1.165, 1.54) is 6.42 Å². The molecule has 0 spiro atoms. The number of rotatable bonds is 5. The molecule has 0 saturated heterocycles. The molecular formula is C21H26N2O4. The Labute approximate surface area is 159 Å². The molecule has 2 aliphatic carbocycles. The summed E-state index contributed by atoms with van der Waals surface area (Å²) in [6.45, 7) is 0. The monoisotopic (exact) mass is 370 g/mol. The maximum absolute atomic E-state index is 12.5. The number of benzene rings is 1. The molecule has 6 heteroatoms. The molecule has 144 valence electrons. The van der Waals surface area contributed by atoms with Crippen molar-refractivity contribution >= 4 is 23.5 Å². The second-order valence-corrected chi connectivity index (χ2v) is 7.37. The quantitative estimate of drug-likeness (QED) is 0.693. The van der Waals surface area contributed by atoms with E-state index in [1.54, 1.807) is 24.3 Å². The number of carboxylic acid groups (broad SMARTS) is 1. The van der Waals surface area contributed by atoms with Crippen LogP contribution >= 0.6 is 0 Å². The van der Waals surface area contributed by atoms with Crippen LogP contribution in [-0.4, -0.2) is 28.9 Å². The van der Waals surface area contributed by atoms with Gasteiger partial charge in [-0.3, -0.25) is 14.4 Å². The smallest absolute Gasteiger partial charge is 0.307 e. The van der Waals surface area contributed by atoms with Gasteiger partial charge in [-0.05, 0) is 49.9 Å². The summed E-state index contributed by atoms with van der Waals surface area (Å²) >= 11 is 0. The van der Waals surface area contributed by atoms with E-state index in [1.807, 2.05) is 12.2 Å². The normalized spacial score (nSPS) is 22.8. The number of carbonyl (C=O) groups is 3. The van der Waals surface area contributed by atoms with Crippen molar-refractivity contribution in [3.8, 4) is 0 Å². The maximum Gasteiger partial charge on any atom is 0.307 e. The Morgan fingerprint density at radius 2 is 1.52 bits per heavy atom. The second kappa shape index (κ2) is 8.84. The molecule has 2 atom stereocenters. The zero-order valence-corrected chi connectivity index (χ0v) is 15.3. The van der Waals surface area contributed by atoms with Crippen molar-refractivity contribution in [2.24, 2.45) is 11.8 Å². The Morgan fingerprint density at radius 3 is 2.15 bits per heavy atom. The van der Waals surface area contributed by atoms with Crippen LogP contribution in [0.4, 0.5) is 5.69 Å². The van der Waals surface area contributed by atoms with Crippen LogP contribution in [0.2, 0.25) is 0 Å². The lowest BCUT2D eigenvalue weighted by Gasteiger charge is -2.24. The van der Waals surface area contributed by atoms with E-state index >= 15 is 0 Å². The van der Waals surface area contributed by atoms with Gasteiger partial charge in [0.25, 0.3) is 5.91 Å². The summed E-state index contributed by atoms with van der Waals surface area (Å²) in [6, 6.07) is 6.98. The molecule has 27 heavy (non-hydrogen) atoms. The minimum atomic E-state index is -0.950. The lowest BCUT2D eigenvalue weighted by atomic mass is 9.82. The van der Waals surface area contributed by atoms with Crippen molar-refractivity contribution in [2.45, 2.75) is 51.0 Å². The first-order valence-corrected chi connectivity index (χ1v) is 9.64. The van der Waals surface area contributed by atoms with Gasteiger partial charge in [0.2, 0.25) is 5.91 Å². The molecule has 3 N–H and O–H groups in total. The minimum Gasteiger partial charge on any atom is -0.481 e. The minimum absolute atomic E-state index is 0.0943. The summed E-state index contributed by atoms with van der Waals surface area (Å²) in [6.07, 6.45) is 10.1. The third-order valence-electron chi connectivity index (χ3n) is 5.44. The number of carbonyl (C=O) groups excluding carboxylic acids is 2. The van der Waals surface area contributed by atoms with Crippen molar-refractivity contribution < 1.29 is 19.5 Å². The van der Waals surface area contributed by atoms with E-state index in [0.29, 0.717) is 24.1 Å². The van der Waals surface area contributed by atoms with Gasteiger partial charge in [-0.25, -0.2) is 0 Å². The fourth-order valence-corrected chi connectivity index (χ4v) is 3.83. The molecule has 0 radical (unpaired) electrons. The zero-order valence-electron chi connectivity index (χ0n) is 15.3. The Bertz CT molecular complexity index is 720. The van der Waals surface area contributed by atoms with E-state index in [9.17, 15) is 19.5 Å². The Balaban J connectivity index is 1.58. The van der Waals surface area contributed by atoms with E-state index in [2.05, 4.69) is 10.6 Å². The highest BCUT2D eigenvalue weighted by Gasteiger charge is 2.33. The van der Waals surface area contributed by atoms with Crippen LogP contribution in [0.15, 0.2) is 36.4 Å². The average molecular weight is 370 g/mol. The standard InChI is InChI=1S/C21H26N2O4/c24-19(22-15-6-2-1-3-7-15)14-10-12-16(13-11-14)23-20(25)17-8-4-5-9-18(17)21(26)27/h4-5,10-13,15,17-18H,1-3,6-9H2,(H,22,24)(H,23,25)(H,26,27)/t17-,18+/m0/s1. The largest absolute Gasteiger partial charge is 0.481 e. The fourth-order valence-electron chi connectivity index (χ4n) is 3.83. The molecule has 0 aliphatic heterocycles. The molecule has 0 unspecified atom stereocenters. The Morgan fingerprint density at radius 1 is 0.889 bits per heavy atom. The number of aliphatic carboxylic acids is 1. The predicted molar refractivity (Wildman–Crippen MR) is 102 cm³/mol. The molecule has 6 nitrogen and oxygen atoms in total. The van der Waals surface area contributed by atoms with Crippen molar-refractivity contribution in [3.63, 3.8) is 0 Å². The molecule has 3 rings (SSSR count). The van der Waals surface area contributed by atoms with Gasteiger partial charge in [0.05, 0.1) is 11.8 Å². The molecule has 1 fully saturated rings. The first-order valence-electron chi connectivity index (χ1n) is 9.64. The third kappa shape index (κ3) is 4.96. The molecule has 1 aromatic carbocycles. The molecule has 0 bridgehead atoms. The Kier molecular flexibility index (Phi) is 6.27. The van der Waals surface area contributed by atoms with Crippen LogP contribution in [0.5, 0.6) is 0 Å². The lowest BCUT2D eigenvalue weighted by molar-refractivity contribution is -0.146. The van der Waals surface area contributed by atoms with Gasteiger partial charge < -0.3 is 15.7 Å². The number of anilines is 1. The summed E-state index contributed by atoms with van der Waals surface area (Å²) in [4.78, 5) is 36.2. The van der Waals surface area contributed by atoms with Gasteiger partial charge >= 0.3 is 5.97 Å². The first kappa shape index (κ1) is 19.1. The third-order valence-corrected chi connectivity index (χ3v) is 5.44. The van der Waals surface area contributed by atoms with Gasteiger partial charge in [0.1, 0.15) is 0 Å². The van der Waals surface area contributed by atoms with E-state index in [0.717, 1.165) is 25.7 Å². The van der Waals surface area contributed by atoms with Gasteiger partial charge in [0, 0.05) is 17.3 Å². The Hall–Kier alpha value is -2.63. The molecule has 2 amide bonds. The summed E-state index contributed by atoms with van der Waals surface area (Å²) < 4.78 is 0. The van der Waals surface area contributed by atoms with Crippen LogP contribution in [0.25, 0.3) is 0 Å². The molecular weight excluding hydrogens is 344 g/mol. The highest BCUT2D eigenvalue weighted by Crippen LogP contribution is 2.27. The van der Waals surface area contributed by atoms with Crippen LogP contribution in [0.1, 0.15) is 55.3 Å². The molecule has 1 saturated carbocycles. The number of carboxylic acids is 1. The first-order chi connectivity index (χ1) is 13.0. The average Bonchev–Trinajstić information content (AvgIpc) is 2.69. The summed E-state index contributed by atoms with van der Waals surface area (Å²) in [5.74, 6) is -2.62. The highest BCUT2D eigenvalue weighted by atomic mass is 16.4. The van der Waals surface area contributed by atoms with Crippen molar-refractivity contribution in [1.82, 2.24) is 5.32 Å². The predicted octanol–water partition coefficient (Wildman–Crippen LogP) is 3.35. The van der Waals surface area contributed by atoms with Crippen LogP contribution in [0, 0.1) is 11.8 Å². The van der Waals surface area contributed by atoms with Crippen molar-refractivity contribution in [2.75, 3.05) is 5.32 Å². The topological polar surface area (TPSA) is 95.5 Å². The van der Waals surface area contributed by atoms with Gasteiger partial charge in [-0.1, -0.05) is 31.4 Å². The number of allylic oxidation sites excluding steroid dienone is 2. The molecule has 0 heterocycles. The number of hydrogen-bond acceptors (Lipinski definition) is 3. The molecule has 1 aromatic rings. The number of hydrogen-bond donors (Lipinski definition) is 3. The number of nitrogens with one attached hydrogen (secondary N) is 2. The van der Waals surface area contributed by atoms with Crippen molar-refractivity contribution in [1.29, 1.82) is 0 Å². The summed E-state index contributed by atoms with van der Waals surface area (Å²) in [7, 11) is 0. The van der Waals surface area contributed by atoms with E-state index in [-0.39, 0.29) is 17.9 Å². The van der Waals surface area contributed by atoms with Crippen LogP contribution in [0.3, 0.4) is 0 Å². The number of amides is 2. The maximum atomic E-state index is 12.5. The molecule has 0 aromatic heterocycles. The van der Waals surface area contributed by atoms with Gasteiger partial charge in [-0.15, -0.1) is 0 Å². The van der Waals surface area contributed by atoms with Crippen LogP contribution < -0.4 is 10.6 Å². The zero-order chi connectivity index (χ0) is 19.2. The second-order valence-electron chi connectivity index (χ2n) is 7.37. The summed E-state index contributed by atoms with van der Waals surface area (Å²) in [5.41, 5.74) is 1.12. The highest BCUT2D eigenvalue weighted by molar-refractivity contribution is 5.97. The van der Waals surface area contributed by atoms with Gasteiger partial charge in [-0.2, -0.15) is 0 Å². The summed E-state index contributed by atoms with van der Waals surface area (Å²) in [5, 5.41) is 15.1. The fraction of sp³-hybridized carbons (Fsp3) is 0.476. The van der Waals surface area contributed by atoms with E-state index < -0.39 is 17.8 Å². The molecule has 2 aliphatic rings.